The second-order valence-corrected chi connectivity index (χ2v) is 6.02. The highest BCUT2D eigenvalue weighted by molar-refractivity contribution is 5.91. The Hall–Kier alpha value is -1.84. The number of unbranched alkanes of at least 4 members (excludes halogenated alkanes) is 9. The SMILES string of the molecule is CCCCCCCCCCCC.O=C(O)c1ccc(C(=O)O)cc1. The van der Waals surface area contributed by atoms with Crippen molar-refractivity contribution < 1.29 is 19.8 Å². The van der Waals surface area contributed by atoms with Crippen LogP contribution in [-0.4, -0.2) is 22.2 Å². The normalized spacial score (nSPS) is 9.92. The molecule has 4 nitrogen and oxygen atoms in total. The van der Waals surface area contributed by atoms with E-state index in [1.807, 2.05) is 0 Å². The summed E-state index contributed by atoms with van der Waals surface area (Å²) in [6.45, 7) is 4.56. The third-order valence-corrected chi connectivity index (χ3v) is 3.84. The summed E-state index contributed by atoms with van der Waals surface area (Å²) in [5, 5.41) is 16.9. The van der Waals surface area contributed by atoms with E-state index in [1.54, 1.807) is 0 Å². The van der Waals surface area contributed by atoms with E-state index in [0.29, 0.717) is 0 Å². The smallest absolute Gasteiger partial charge is 0.335 e. The summed E-state index contributed by atoms with van der Waals surface area (Å²) in [4.78, 5) is 20.7. The molecule has 136 valence electrons. The summed E-state index contributed by atoms with van der Waals surface area (Å²) in [7, 11) is 0. The summed E-state index contributed by atoms with van der Waals surface area (Å²) in [5.74, 6) is -2.13. The zero-order chi connectivity index (χ0) is 18.2. The van der Waals surface area contributed by atoms with Gasteiger partial charge in [0.1, 0.15) is 0 Å². The van der Waals surface area contributed by atoms with Gasteiger partial charge in [-0.2, -0.15) is 0 Å². The molecule has 0 atom stereocenters. The minimum Gasteiger partial charge on any atom is -0.478 e. The van der Waals surface area contributed by atoms with Gasteiger partial charge in [0.05, 0.1) is 11.1 Å². The lowest BCUT2D eigenvalue weighted by Gasteiger charge is -1.99. The molecule has 0 unspecified atom stereocenters. The molecule has 0 bridgehead atoms. The van der Waals surface area contributed by atoms with Crippen molar-refractivity contribution in [1.82, 2.24) is 0 Å². The van der Waals surface area contributed by atoms with Gasteiger partial charge in [0.2, 0.25) is 0 Å². The van der Waals surface area contributed by atoms with Crippen LogP contribution in [0.5, 0.6) is 0 Å². The van der Waals surface area contributed by atoms with Crippen molar-refractivity contribution in [1.29, 1.82) is 0 Å². The molecule has 0 saturated carbocycles. The van der Waals surface area contributed by atoms with E-state index in [9.17, 15) is 9.59 Å². The monoisotopic (exact) mass is 336 g/mol. The summed E-state index contributed by atoms with van der Waals surface area (Å²) < 4.78 is 0. The van der Waals surface area contributed by atoms with Gasteiger partial charge in [-0.05, 0) is 24.3 Å². The summed E-state index contributed by atoms with van der Waals surface area (Å²) in [6, 6.07) is 5.02. The van der Waals surface area contributed by atoms with Crippen LogP contribution in [0.25, 0.3) is 0 Å². The largest absolute Gasteiger partial charge is 0.478 e. The van der Waals surface area contributed by atoms with Gasteiger partial charge in [-0.15, -0.1) is 0 Å². The van der Waals surface area contributed by atoms with E-state index in [2.05, 4.69) is 13.8 Å². The minimum absolute atomic E-state index is 0.0833. The highest BCUT2D eigenvalue weighted by Gasteiger charge is 2.04. The molecule has 0 aliphatic heterocycles. The maximum Gasteiger partial charge on any atom is 0.335 e. The average Bonchev–Trinajstić information content (AvgIpc) is 2.58. The van der Waals surface area contributed by atoms with Crippen LogP contribution in [0.4, 0.5) is 0 Å². The summed E-state index contributed by atoms with van der Waals surface area (Å²) in [6.07, 6.45) is 14.4. The zero-order valence-electron chi connectivity index (χ0n) is 15.1. The Balaban J connectivity index is 0.000000441. The third-order valence-electron chi connectivity index (χ3n) is 3.84. The molecular weight excluding hydrogens is 304 g/mol. The summed E-state index contributed by atoms with van der Waals surface area (Å²) in [5.41, 5.74) is 0.167. The van der Waals surface area contributed by atoms with Crippen molar-refractivity contribution in [2.75, 3.05) is 0 Å². The molecule has 0 aliphatic rings. The molecule has 0 aromatic heterocycles. The first kappa shape index (κ1) is 22.2. The number of benzene rings is 1. The van der Waals surface area contributed by atoms with Gasteiger partial charge in [-0.3, -0.25) is 0 Å². The standard InChI is InChI=1S/C12H26.C8H6O4/c1-3-5-7-9-11-12-10-8-6-4-2;9-7(10)5-1-2-6(4-3-5)8(11)12/h3-12H2,1-2H3;1-4H,(H,9,10)(H,11,12). The number of carboxylic acid groups (broad SMARTS) is 2. The molecule has 0 fully saturated rings. The van der Waals surface area contributed by atoms with Crippen LogP contribution in [0.2, 0.25) is 0 Å². The predicted octanol–water partition coefficient (Wildman–Crippen LogP) is 6.01. The van der Waals surface area contributed by atoms with Crippen molar-refractivity contribution in [2.45, 2.75) is 78.1 Å². The highest BCUT2D eigenvalue weighted by Crippen LogP contribution is 2.10. The van der Waals surface area contributed by atoms with Crippen molar-refractivity contribution in [2.24, 2.45) is 0 Å². The van der Waals surface area contributed by atoms with Gasteiger partial charge < -0.3 is 10.2 Å². The summed E-state index contributed by atoms with van der Waals surface area (Å²) >= 11 is 0. The fourth-order valence-corrected chi connectivity index (χ4v) is 2.32. The molecule has 1 rings (SSSR count). The maximum atomic E-state index is 10.3. The number of carboxylic acids is 2. The third kappa shape index (κ3) is 11.7. The molecule has 4 heteroatoms. The second-order valence-electron chi connectivity index (χ2n) is 6.02. The topological polar surface area (TPSA) is 74.6 Å². The fourth-order valence-electron chi connectivity index (χ4n) is 2.32. The van der Waals surface area contributed by atoms with E-state index in [1.165, 1.54) is 88.5 Å². The number of aromatic carboxylic acids is 2. The van der Waals surface area contributed by atoms with E-state index < -0.39 is 11.9 Å². The Morgan fingerprint density at radius 3 is 1.08 bits per heavy atom. The molecule has 0 spiro atoms. The minimum atomic E-state index is -1.06. The maximum absolute atomic E-state index is 10.3. The van der Waals surface area contributed by atoms with Gasteiger partial charge >= 0.3 is 11.9 Å². The van der Waals surface area contributed by atoms with Crippen LogP contribution in [0.3, 0.4) is 0 Å². The first-order valence-corrected chi connectivity index (χ1v) is 9.09. The molecule has 0 radical (unpaired) electrons. The van der Waals surface area contributed by atoms with Gasteiger partial charge in [-0.25, -0.2) is 9.59 Å². The quantitative estimate of drug-likeness (QED) is 0.485. The number of hydrogen-bond acceptors (Lipinski definition) is 2. The van der Waals surface area contributed by atoms with Crippen LogP contribution < -0.4 is 0 Å². The lowest BCUT2D eigenvalue weighted by atomic mass is 10.1. The van der Waals surface area contributed by atoms with Crippen LogP contribution in [0, 0.1) is 0 Å². The molecule has 0 heterocycles. The van der Waals surface area contributed by atoms with Crippen LogP contribution in [0.15, 0.2) is 24.3 Å². The Labute approximate surface area is 145 Å². The van der Waals surface area contributed by atoms with E-state index >= 15 is 0 Å². The molecule has 1 aromatic carbocycles. The molecular formula is C20H32O4. The van der Waals surface area contributed by atoms with Gasteiger partial charge in [0.15, 0.2) is 0 Å². The molecule has 0 aliphatic carbocycles. The number of rotatable bonds is 11. The van der Waals surface area contributed by atoms with Gasteiger partial charge in [-0.1, -0.05) is 78.1 Å². The molecule has 0 saturated heterocycles. The van der Waals surface area contributed by atoms with Crippen molar-refractivity contribution in [3.8, 4) is 0 Å². The van der Waals surface area contributed by atoms with Gasteiger partial charge in [0, 0.05) is 0 Å². The Kier molecular flexibility index (Phi) is 13.6. The second kappa shape index (κ2) is 14.7. The molecule has 2 N–H and O–H groups in total. The average molecular weight is 336 g/mol. The fraction of sp³-hybridized carbons (Fsp3) is 0.600. The first-order chi connectivity index (χ1) is 11.5. The van der Waals surface area contributed by atoms with Crippen molar-refractivity contribution in [3.05, 3.63) is 35.4 Å². The van der Waals surface area contributed by atoms with Crippen molar-refractivity contribution in [3.63, 3.8) is 0 Å². The highest BCUT2D eigenvalue weighted by atomic mass is 16.4. The van der Waals surface area contributed by atoms with E-state index in [4.69, 9.17) is 10.2 Å². The van der Waals surface area contributed by atoms with Crippen molar-refractivity contribution >= 4 is 11.9 Å². The molecule has 0 amide bonds. The first-order valence-electron chi connectivity index (χ1n) is 9.09. The lowest BCUT2D eigenvalue weighted by Crippen LogP contribution is -1.99. The Morgan fingerprint density at radius 2 is 0.875 bits per heavy atom. The van der Waals surface area contributed by atoms with E-state index in [-0.39, 0.29) is 11.1 Å². The molecule has 1 aromatic rings. The van der Waals surface area contributed by atoms with Crippen LogP contribution in [-0.2, 0) is 0 Å². The lowest BCUT2D eigenvalue weighted by molar-refractivity contribution is 0.0681. The Bertz CT molecular complexity index is 408. The van der Waals surface area contributed by atoms with Gasteiger partial charge in [0.25, 0.3) is 0 Å². The van der Waals surface area contributed by atoms with Crippen LogP contribution in [0.1, 0.15) is 98.8 Å². The number of hydrogen-bond donors (Lipinski definition) is 2. The predicted molar refractivity (Wildman–Crippen MR) is 97.9 cm³/mol. The molecule has 24 heavy (non-hydrogen) atoms. The van der Waals surface area contributed by atoms with Crippen LogP contribution >= 0.6 is 0 Å². The van der Waals surface area contributed by atoms with E-state index in [0.717, 1.165) is 0 Å². The zero-order valence-corrected chi connectivity index (χ0v) is 15.1. The number of carbonyl (C=O) groups is 2. The Morgan fingerprint density at radius 1 is 0.625 bits per heavy atom.